The molecule has 0 aliphatic carbocycles. The molecule has 0 radical (unpaired) electrons. The monoisotopic (exact) mass is 236 g/mol. The van der Waals surface area contributed by atoms with Gasteiger partial charge in [-0.1, -0.05) is 12.1 Å². The SMILES string of the molecule is CNC(=O)CCOc1cc(C)ccc1[C@@H](C)N. The molecule has 0 bridgehead atoms. The van der Waals surface area contributed by atoms with Crippen molar-refractivity contribution in [2.45, 2.75) is 26.3 Å². The van der Waals surface area contributed by atoms with Crippen LogP contribution in [0.15, 0.2) is 18.2 Å². The van der Waals surface area contributed by atoms with E-state index in [0.717, 1.165) is 16.9 Å². The summed E-state index contributed by atoms with van der Waals surface area (Å²) < 4.78 is 5.61. The molecule has 4 heteroatoms. The maximum Gasteiger partial charge on any atom is 0.223 e. The van der Waals surface area contributed by atoms with Crippen LogP contribution in [0.2, 0.25) is 0 Å². The zero-order valence-corrected chi connectivity index (χ0v) is 10.6. The van der Waals surface area contributed by atoms with Crippen molar-refractivity contribution >= 4 is 5.91 Å². The molecule has 1 atom stereocenters. The molecule has 0 unspecified atom stereocenters. The van der Waals surface area contributed by atoms with E-state index in [1.807, 2.05) is 32.0 Å². The van der Waals surface area contributed by atoms with Crippen molar-refractivity contribution in [3.63, 3.8) is 0 Å². The molecule has 1 rings (SSSR count). The molecule has 0 aromatic heterocycles. The fourth-order valence-electron chi connectivity index (χ4n) is 1.52. The molecule has 0 aliphatic rings. The van der Waals surface area contributed by atoms with Crippen molar-refractivity contribution < 1.29 is 9.53 Å². The lowest BCUT2D eigenvalue weighted by Crippen LogP contribution is -2.20. The van der Waals surface area contributed by atoms with E-state index < -0.39 is 0 Å². The van der Waals surface area contributed by atoms with Gasteiger partial charge < -0.3 is 15.8 Å². The van der Waals surface area contributed by atoms with Crippen molar-refractivity contribution in [1.29, 1.82) is 0 Å². The molecule has 1 aromatic rings. The topological polar surface area (TPSA) is 64.3 Å². The fourth-order valence-corrected chi connectivity index (χ4v) is 1.52. The van der Waals surface area contributed by atoms with Crippen molar-refractivity contribution in [2.75, 3.05) is 13.7 Å². The third-order valence-corrected chi connectivity index (χ3v) is 2.53. The lowest BCUT2D eigenvalue weighted by Gasteiger charge is -2.14. The highest BCUT2D eigenvalue weighted by Gasteiger charge is 2.08. The van der Waals surface area contributed by atoms with Gasteiger partial charge in [-0.3, -0.25) is 4.79 Å². The van der Waals surface area contributed by atoms with E-state index in [-0.39, 0.29) is 11.9 Å². The zero-order chi connectivity index (χ0) is 12.8. The molecular formula is C13H20N2O2. The summed E-state index contributed by atoms with van der Waals surface area (Å²) in [4.78, 5) is 11.1. The molecule has 0 aliphatic heterocycles. The van der Waals surface area contributed by atoms with E-state index in [1.54, 1.807) is 7.05 Å². The number of nitrogens with one attached hydrogen (secondary N) is 1. The first-order chi connectivity index (χ1) is 8.04. The van der Waals surface area contributed by atoms with Crippen LogP contribution in [0.1, 0.15) is 30.5 Å². The number of hydrogen-bond donors (Lipinski definition) is 2. The number of amides is 1. The minimum Gasteiger partial charge on any atom is -0.493 e. The Labute approximate surface area is 102 Å². The Hall–Kier alpha value is -1.55. The van der Waals surface area contributed by atoms with E-state index in [2.05, 4.69) is 5.32 Å². The van der Waals surface area contributed by atoms with Crippen LogP contribution >= 0.6 is 0 Å². The minimum atomic E-state index is -0.0781. The van der Waals surface area contributed by atoms with E-state index in [4.69, 9.17) is 10.5 Å². The van der Waals surface area contributed by atoms with Gasteiger partial charge in [0.25, 0.3) is 0 Å². The Balaban J connectivity index is 2.68. The van der Waals surface area contributed by atoms with Crippen LogP contribution in [0.4, 0.5) is 0 Å². The number of ether oxygens (including phenoxy) is 1. The molecule has 1 aromatic carbocycles. The van der Waals surface area contributed by atoms with Gasteiger partial charge in [0.15, 0.2) is 0 Å². The maximum absolute atomic E-state index is 11.1. The highest BCUT2D eigenvalue weighted by molar-refractivity contribution is 5.75. The van der Waals surface area contributed by atoms with Gasteiger partial charge >= 0.3 is 0 Å². The van der Waals surface area contributed by atoms with Crippen LogP contribution in [0, 0.1) is 6.92 Å². The first-order valence-corrected chi connectivity index (χ1v) is 5.74. The number of hydrogen-bond acceptors (Lipinski definition) is 3. The minimum absolute atomic E-state index is 0.0278. The third-order valence-electron chi connectivity index (χ3n) is 2.53. The van der Waals surface area contributed by atoms with Gasteiger partial charge in [-0.2, -0.15) is 0 Å². The van der Waals surface area contributed by atoms with Gasteiger partial charge in [0.1, 0.15) is 5.75 Å². The van der Waals surface area contributed by atoms with Crippen molar-refractivity contribution in [3.05, 3.63) is 29.3 Å². The van der Waals surface area contributed by atoms with E-state index in [9.17, 15) is 4.79 Å². The lowest BCUT2D eigenvalue weighted by molar-refractivity contribution is -0.121. The number of nitrogens with two attached hydrogens (primary N) is 1. The smallest absolute Gasteiger partial charge is 0.223 e. The first kappa shape index (κ1) is 13.5. The van der Waals surface area contributed by atoms with E-state index in [1.165, 1.54) is 0 Å². The normalized spacial score (nSPS) is 12.0. The van der Waals surface area contributed by atoms with Crippen LogP contribution in [0.3, 0.4) is 0 Å². The van der Waals surface area contributed by atoms with Crippen molar-refractivity contribution in [2.24, 2.45) is 5.73 Å². The summed E-state index contributed by atoms with van der Waals surface area (Å²) >= 11 is 0. The number of carbonyl (C=O) groups excluding carboxylic acids is 1. The fraction of sp³-hybridized carbons (Fsp3) is 0.462. The summed E-state index contributed by atoms with van der Waals surface area (Å²) in [5.74, 6) is 0.740. The van der Waals surface area contributed by atoms with Crippen molar-refractivity contribution in [3.8, 4) is 5.75 Å². The standard InChI is InChI=1S/C13H20N2O2/c1-9-4-5-11(10(2)14)12(8-9)17-7-6-13(16)15-3/h4-5,8,10H,6-7,14H2,1-3H3,(H,15,16)/t10-/m1/s1. The molecule has 4 nitrogen and oxygen atoms in total. The third kappa shape index (κ3) is 4.07. The first-order valence-electron chi connectivity index (χ1n) is 5.74. The zero-order valence-electron chi connectivity index (χ0n) is 10.6. The average molecular weight is 236 g/mol. The molecule has 0 spiro atoms. The van der Waals surface area contributed by atoms with Gasteiger partial charge in [-0.05, 0) is 25.5 Å². The molecule has 0 saturated carbocycles. The Morgan fingerprint density at radius 1 is 1.53 bits per heavy atom. The Kier molecular flexibility index (Phi) is 4.97. The molecule has 0 saturated heterocycles. The van der Waals surface area contributed by atoms with Gasteiger partial charge in [0, 0.05) is 18.7 Å². The summed E-state index contributed by atoms with van der Waals surface area (Å²) in [7, 11) is 1.61. The Morgan fingerprint density at radius 3 is 2.82 bits per heavy atom. The summed E-state index contributed by atoms with van der Waals surface area (Å²) in [5.41, 5.74) is 7.94. The number of benzene rings is 1. The van der Waals surface area contributed by atoms with Crippen LogP contribution in [-0.4, -0.2) is 19.6 Å². The van der Waals surface area contributed by atoms with Gasteiger partial charge in [-0.25, -0.2) is 0 Å². The van der Waals surface area contributed by atoms with Crippen LogP contribution in [0.25, 0.3) is 0 Å². The largest absolute Gasteiger partial charge is 0.493 e. The summed E-state index contributed by atoms with van der Waals surface area (Å²) in [5, 5.41) is 2.56. The highest BCUT2D eigenvalue weighted by atomic mass is 16.5. The molecule has 1 amide bonds. The second-order valence-corrected chi connectivity index (χ2v) is 4.10. The Bertz CT molecular complexity index is 389. The molecule has 3 N–H and O–H groups in total. The van der Waals surface area contributed by atoms with Gasteiger partial charge in [-0.15, -0.1) is 0 Å². The summed E-state index contributed by atoms with van der Waals surface area (Å²) in [6.07, 6.45) is 0.350. The lowest BCUT2D eigenvalue weighted by atomic mass is 10.1. The molecular weight excluding hydrogens is 216 g/mol. The quantitative estimate of drug-likeness (QED) is 0.815. The second-order valence-electron chi connectivity index (χ2n) is 4.10. The molecule has 17 heavy (non-hydrogen) atoms. The predicted molar refractivity (Wildman–Crippen MR) is 68.0 cm³/mol. The van der Waals surface area contributed by atoms with E-state index >= 15 is 0 Å². The van der Waals surface area contributed by atoms with Gasteiger partial charge in [0.2, 0.25) is 5.91 Å². The summed E-state index contributed by atoms with van der Waals surface area (Å²) in [6.45, 7) is 4.27. The average Bonchev–Trinajstić information content (AvgIpc) is 2.28. The predicted octanol–water partition coefficient (Wildman–Crippen LogP) is 1.53. The maximum atomic E-state index is 11.1. The Morgan fingerprint density at radius 2 is 2.24 bits per heavy atom. The molecule has 94 valence electrons. The van der Waals surface area contributed by atoms with Crippen LogP contribution < -0.4 is 15.8 Å². The highest BCUT2D eigenvalue weighted by Crippen LogP contribution is 2.25. The number of carbonyl (C=O) groups is 1. The molecule has 0 heterocycles. The van der Waals surface area contributed by atoms with Crippen molar-refractivity contribution in [1.82, 2.24) is 5.32 Å². The second kappa shape index (κ2) is 6.25. The van der Waals surface area contributed by atoms with E-state index in [0.29, 0.717) is 13.0 Å². The van der Waals surface area contributed by atoms with Crippen LogP contribution in [0.5, 0.6) is 5.75 Å². The number of aryl methyl sites for hydroxylation is 1. The number of rotatable bonds is 5. The molecule has 0 fully saturated rings. The van der Waals surface area contributed by atoms with Gasteiger partial charge in [0.05, 0.1) is 13.0 Å². The van der Waals surface area contributed by atoms with Crippen LogP contribution in [-0.2, 0) is 4.79 Å². The summed E-state index contributed by atoms with van der Waals surface area (Å²) in [6, 6.07) is 5.84.